The van der Waals surface area contributed by atoms with Crippen molar-refractivity contribution >= 4 is 0 Å². The minimum atomic E-state index is 0.569. The monoisotopic (exact) mass is 340 g/mol. The molecule has 0 spiro atoms. The molecule has 0 aromatic rings. The van der Waals surface area contributed by atoms with Crippen LogP contribution in [-0.4, -0.2) is 0 Å². The fourth-order valence-electron chi connectivity index (χ4n) is 6.48. The number of rotatable bonds is 3. The molecule has 0 nitrogen and oxygen atoms in total. The number of hydrogen-bond acceptors (Lipinski definition) is 0. The minimum Gasteiger partial charge on any atom is -0.0993 e. The van der Waals surface area contributed by atoms with Gasteiger partial charge in [-0.1, -0.05) is 76.5 Å². The Kier molecular flexibility index (Phi) is 5.66. The van der Waals surface area contributed by atoms with Gasteiger partial charge in [0.1, 0.15) is 0 Å². The van der Waals surface area contributed by atoms with Crippen LogP contribution in [0.15, 0.2) is 35.5 Å². The van der Waals surface area contributed by atoms with E-state index in [1.165, 1.54) is 56.9 Å². The minimum absolute atomic E-state index is 0.569. The summed E-state index contributed by atoms with van der Waals surface area (Å²) < 4.78 is 0. The molecule has 3 aliphatic rings. The highest BCUT2D eigenvalue weighted by Crippen LogP contribution is 2.59. The molecule has 0 amide bonds. The van der Waals surface area contributed by atoms with Crippen molar-refractivity contribution in [1.29, 1.82) is 0 Å². The van der Waals surface area contributed by atoms with Gasteiger partial charge >= 0.3 is 0 Å². The standard InChI is InChI=1S/C25H40/c1-7-17(2)23-12-13-24-22(9-8-14-25(23,24)6)11-10-21-15-18(3)20(5)19(4)16-21/h10-11,17-19,23-24H,5,7-9,12-16H2,1-4,6H3/b22-11+/t17-,18-,19-,23?,24+,25-/m1/s1. The van der Waals surface area contributed by atoms with Crippen molar-refractivity contribution < 1.29 is 0 Å². The summed E-state index contributed by atoms with van der Waals surface area (Å²) in [5.41, 5.74) is 5.46. The van der Waals surface area contributed by atoms with Crippen molar-refractivity contribution in [2.75, 3.05) is 0 Å². The van der Waals surface area contributed by atoms with E-state index in [0.29, 0.717) is 17.3 Å². The normalized spacial score (nSPS) is 41.7. The lowest BCUT2D eigenvalue weighted by molar-refractivity contribution is 0.0961. The third kappa shape index (κ3) is 3.56. The zero-order valence-corrected chi connectivity index (χ0v) is 17.4. The summed E-state index contributed by atoms with van der Waals surface area (Å²) in [6.07, 6.45) is 16.0. The highest BCUT2D eigenvalue weighted by Gasteiger charge is 2.50. The molecule has 0 aromatic heterocycles. The molecule has 6 atom stereocenters. The molecular weight excluding hydrogens is 300 g/mol. The van der Waals surface area contributed by atoms with E-state index < -0.39 is 0 Å². The molecule has 0 N–H and O–H groups in total. The number of hydrogen-bond donors (Lipinski definition) is 0. The lowest BCUT2D eigenvalue weighted by Crippen LogP contribution is -2.35. The van der Waals surface area contributed by atoms with Crippen LogP contribution >= 0.6 is 0 Å². The highest BCUT2D eigenvalue weighted by molar-refractivity contribution is 5.28. The van der Waals surface area contributed by atoms with Gasteiger partial charge in [0.25, 0.3) is 0 Å². The van der Waals surface area contributed by atoms with Gasteiger partial charge in [0.05, 0.1) is 0 Å². The molecule has 0 radical (unpaired) electrons. The summed E-state index contributed by atoms with van der Waals surface area (Å²) in [5, 5.41) is 0. The molecule has 0 heterocycles. The van der Waals surface area contributed by atoms with E-state index >= 15 is 0 Å². The molecule has 0 aliphatic heterocycles. The van der Waals surface area contributed by atoms with Gasteiger partial charge in [-0.15, -0.1) is 0 Å². The fraction of sp³-hybridized carbons (Fsp3) is 0.760. The molecule has 0 bridgehead atoms. The van der Waals surface area contributed by atoms with Gasteiger partial charge in [0.2, 0.25) is 0 Å². The Balaban J connectivity index is 1.78. The summed E-state index contributed by atoms with van der Waals surface area (Å²) in [6, 6.07) is 0. The highest BCUT2D eigenvalue weighted by atomic mass is 14.5. The Labute approximate surface area is 156 Å². The first kappa shape index (κ1) is 19.0. The first-order chi connectivity index (χ1) is 11.9. The Hall–Kier alpha value is -0.780. The van der Waals surface area contributed by atoms with E-state index in [-0.39, 0.29) is 0 Å². The summed E-state index contributed by atoms with van der Waals surface area (Å²) in [5.74, 6) is 4.00. The summed E-state index contributed by atoms with van der Waals surface area (Å²) in [7, 11) is 0. The maximum absolute atomic E-state index is 4.30. The zero-order chi connectivity index (χ0) is 18.2. The van der Waals surface area contributed by atoms with E-state index in [1.807, 2.05) is 0 Å². The van der Waals surface area contributed by atoms with Gasteiger partial charge in [0, 0.05) is 0 Å². The van der Waals surface area contributed by atoms with E-state index in [1.54, 1.807) is 11.1 Å². The predicted molar refractivity (Wildman–Crippen MR) is 110 cm³/mol. The van der Waals surface area contributed by atoms with Crippen molar-refractivity contribution in [3.8, 4) is 0 Å². The van der Waals surface area contributed by atoms with Crippen LogP contribution in [0.3, 0.4) is 0 Å². The van der Waals surface area contributed by atoms with Crippen LogP contribution in [0.1, 0.15) is 86.0 Å². The molecule has 3 saturated carbocycles. The second kappa shape index (κ2) is 7.45. The summed E-state index contributed by atoms with van der Waals surface area (Å²) >= 11 is 0. The maximum atomic E-state index is 4.30. The first-order valence-electron chi connectivity index (χ1n) is 10.9. The van der Waals surface area contributed by atoms with E-state index in [0.717, 1.165) is 17.8 Å². The molecule has 0 saturated heterocycles. The average Bonchev–Trinajstić information content (AvgIpc) is 2.94. The van der Waals surface area contributed by atoms with Gasteiger partial charge in [-0.25, -0.2) is 0 Å². The van der Waals surface area contributed by atoms with E-state index in [9.17, 15) is 0 Å². The molecule has 3 aliphatic carbocycles. The molecule has 1 unspecified atom stereocenters. The van der Waals surface area contributed by atoms with Gasteiger partial charge in [-0.3, -0.25) is 0 Å². The van der Waals surface area contributed by atoms with Gasteiger partial charge in [0.15, 0.2) is 0 Å². The molecule has 3 fully saturated rings. The SMILES string of the molecule is C=C1[C@H](C)CC(=C/C=C2\CCC[C@]3(C)C([C@H](C)CC)CC[C@@H]23)C[C@H]1C. The molecule has 0 aromatic carbocycles. The van der Waals surface area contributed by atoms with Crippen molar-refractivity contribution in [2.45, 2.75) is 86.0 Å². The summed E-state index contributed by atoms with van der Waals surface area (Å²) in [4.78, 5) is 0. The Bertz CT molecular complexity index is 547. The predicted octanol–water partition coefficient (Wildman–Crippen LogP) is 7.72. The molecule has 0 heteroatoms. The fourth-order valence-corrected chi connectivity index (χ4v) is 6.48. The van der Waals surface area contributed by atoms with Gasteiger partial charge < -0.3 is 0 Å². The lowest BCUT2D eigenvalue weighted by atomic mass is 9.61. The van der Waals surface area contributed by atoms with Gasteiger partial charge in [-0.2, -0.15) is 0 Å². The topological polar surface area (TPSA) is 0 Å². The Morgan fingerprint density at radius 1 is 1.16 bits per heavy atom. The zero-order valence-electron chi connectivity index (χ0n) is 17.4. The molecule has 140 valence electrons. The third-order valence-electron chi connectivity index (χ3n) is 8.30. The maximum Gasteiger partial charge on any atom is -0.0143 e. The first-order valence-corrected chi connectivity index (χ1v) is 10.9. The van der Waals surface area contributed by atoms with Crippen LogP contribution in [-0.2, 0) is 0 Å². The third-order valence-corrected chi connectivity index (χ3v) is 8.30. The smallest absolute Gasteiger partial charge is 0.0143 e. The largest absolute Gasteiger partial charge is 0.0993 e. The van der Waals surface area contributed by atoms with Crippen molar-refractivity contribution in [2.24, 2.45) is 35.0 Å². The van der Waals surface area contributed by atoms with Gasteiger partial charge in [-0.05, 0) is 80.0 Å². The number of fused-ring (bicyclic) bond motifs is 1. The second-order valence-corrected chi connectivity index (χ2v) is 9.83. The number of allylic oxidation sites excluding steroid dienone is 5. The van der Waals surface area contributed by atoms with Crippen molar-refractivity contribution in [3.63, 3.8) is 0 Å². The van der Waals surface area contributed by atoms with E-state index in [2.05, 4.69) is 53.3 Å². The quantitative estimate of drug-likeness (QED) is 0.461. The van der Waals surface area contributed by atoms with Crippen molar-refractivity contribution in [1.82, 2.24) is 0 Å². The lowest BCUT2D eigenvalue weighted by Gasteiger charge is -2.44. The Morgan fingerprint density at radius 2 is 1.84 bits per heavy atom. The molecule has 3 rings (SSSR count). The van der Waals surface area contributed by atoms with Crippen LogP contribution in [0.5, 0.6) is 0 Å². The second-order valence-electron chi connectivity index (χ2n) is 9.83. The van der Waals surface area contributed by atoms with E-state index in [4.69, 9.17) is 0 Å². The van der Waals surface area contributed by atoms with Crippen LogP contribution < -0.4 is 0 Å². The summed E-state index contributed by atoms with van der Waals surface area (Å²) in [6.45, 7) is 16.5. The van der Waals surface area contributed by atoms with Crippen molar-refractivity contribution in [3.05, 3.63) is 35.5 Å². The van der Waals surface area contributed by atoms with Crippen LogP contribution in [0, 0.1) is 35.0 Å². The van der Waals surface area contributed by atoms with Crippen LogP contribution in [0.4, 0.5) is 0 Å². The average molecular weight is 341 g/mol. The van der Waals surface area contributed by atoms with Crippen LogP contribution in [0.2, 0.25) is 0 Å². The molecule has 25 heavy (non-hydrogen) atoms. The molecular formula is C25H40. The Morgan fingerprint density at radius 3 is 2.48 bits per heavy atom. The van der Waals surface area contributed by atoms with Crippen LogP contribution in [0.25, 0.3) is 0 Å².